The number of rotatable bonds is 4. The highest BCUT2D eigenvalue weighted by Gasteiger charge is 2.47. The van der Waals surface area contributed by atoms with E-state index in [4.69, 9.17) is 9.47 Å². The second-order valence-corrected chi connectivity index (χ2v) is 5.39. The standard InChI is InChI=1S/C18H19NO3/c1-19-17(14-11-13(21-2)9-10-15(14)22-3)16(18(19)20)12-7-5-4-6-8-12/h4-11,16-17H,1-3H3. The molecule has 0 aromatic heterocycles. The Balaban J connectivity index is 2.04. The van der Waals surface area contributed by atoms with Gasteiger partial charge in [-0.2, -0.15) is 0 Å². The van der Waals surface area contributed by atoms with Gasteiger partial charge >= 0.3 is 0 Å². The number of carbonyl (C=O) groups excluding carboxylic acids is 1. The van der Waals surface area contributed by atoms with Gasteiger partial charge in [-0.3, -0.25) is 4.79 Å². The van der Waals surface area contributed by atoms with E-state index in [1.54, 1.807) is 19.1 Å². The van der Waals surface area contributed by atoms with Crippen LogP contribution < -0.4 is 9.47 Å². The third kappa shape index (κ3) is 2.21. The highest BCUT2D eigenvalue weighted by atomic mass is 16.5. The summed E-state index contributed by atoms with van der Waals surface area (Å²) in [4.78, 5) is 14.1. The minimum Gasteiger partial charge on any atom is -0.497 e. The van der Waals surface area contributed by atoms with Crippen LogP contribution in [0, 0.1) is 0 Å². The zero-order chi connectivity index (χ0) is 15.7. The smallest absolute Gasteiger partial charge is 0.232 e. The van der Waals surface area contributed by atoms with Gasteiger partial charge in [-0.25, -0.2) is 0 Å². The summed E-state index contributed by atoms with van der Waals surface area (Å²) in [5.41, 5.74) is 2.00. The van der Waals surface area contributed by atoms with E-state index in [1.807, 2.05) is 55.6 Å². The molecule has 2 aromatic rings. The molecule has 0 radical (unpaired) electrons. The predicted octanol–water partition coefficient (Wildman–Crippen LogP) is 3.00. The molecule has 4 heteroatoms. The van der Waals surface area contributed by atoms with Gasteiger partial charge in [0.05, 0.1) is 26.2 Å². The summed E-state index contributed by atoms with van der Waals surface area (Å²) >= 11 is 0. The maximum Gasteiger partial charge on any atom is 0.232 e. The van der Waals surface area contributed by atoms with Crippen molar-refractivity contribution in [2.45, 2.75) is 12.0 Å². The van der Waals surface area contributed by atoms with Gasteiger partial charge in [0.1, 0.15) is 11.5 Å². The lowest BCUT2D eigenvalue weighted by Gasteiger charge is -2.46. The molecule has 2 unspecified atom stereocenters. The van der Waals surface area contributed by atoms with Crippen LogP contribution in [0.25, 0.3) is 0 Å². The molecule has 0 spiro atoms. The molecule has 3 rings (SSSR count). The predicted molar refractivity (Wildman–Crippen MR) is 84.2 cm³/mol. The van der Waals surface area contributed by atoms with Crippen LogP contribution in [0.15, 0.2) is 48.5 Å². The largest absolute Gasteiger partial charge is 0.497 e. The molecule has 1 aliphatic heterocycles. The van der Waals surface area contributed by atoms with Crippen LogP contribution in [0.1, 0.15) is 23.1 Å². The minimum atomic E-state index is -0.174. The van der Waals surface area contributed by atoms with Crippen LogP contribution in [-0.4, -0.2) is 32.1 Å². The number of amides is 1. The molecule has 1 fully saturated rings. The van der Waals surface area contributed by atoms with Crippen molar-refractivity contribution in [3.8, 4) is 11.5 Å². The van der Waals surface area contributed by atoms with Crippen molar-refractivity contribution in [1.29, 1.82) is 0 Å². The average Bonchev–Trinajstić information content (AvgIpc) is 2.58. The molecule has 0 N–H and O–H groups in total. The SMILES string of the molecule is COc1ccc(OC)c(C2C(c3ccccc3)C(=O)N2C)c1. The van der Waals surface area contributed by atoms with E-state index >= 15 is 0 Å². The zero-order valence-corrected chi connectivity index (χ0v) is 12.9. The number of ether oxygens (including phenoxy) is 2. The van der Waals surface area contributed by atoms with Gasteiger partial charge in [0.25, 0.3) is 0 Å². The van der Waals surface area contributed by atoms with Gasteiger partial charge in [-0.1, -0.05) is 30.3 Å². The first kappa shape index (κ1) is 14.4. The fourth-order valence-electron chi connectivity index (χ4n) is 3.08. The molecule has 0 bridgehead atoms. The first-order valence-corrected chi connectivity index (χ1v) is 7.21. The highest BCUT2D eigenvalue weighted by molar-refractivity contribution is 5.91. The van der Waals surface area contributed by atoms with E-state index < -0.39 is 0 Å². The Morgan fingerprint density at radius 2 is 1.73 bits per heavy atom. The van der Waals surface area contributed by atoms with Gasteiger partial charge < -0.3 is 14.4 Å². The van der Waals surface area contributed by atoms with Crippen LogP contribution in [0.5, 0.6) is 11.5 Å². The van der Waals surface area contributed by atoms with Crippen molar-refractivity contribution < 1.29 is 14.3 Å². The first-order valence-electron chi connectivity index (χ1n) is 7.21. The maximum absolute atomic E-state index is 12.4. The van der Waals surface area contributed by atoms with Crippen LogP contribution in [0.2, 0.25) is 0 Å². The number of β-lactam (4-membered cyclic amide) rings is 1. The van der Waals surface area contributed by atoms with Crippen LogP contribution in [0.4, 0.5) is 0 Å². The second kappa shape index (κ2) is 5.72. The van der Waals surface area contributed by atoms with Crippen molar-refractivity contribution in [3.63, 3.8) is 0 Å². The number of benzene rings is 2. The quantitative estimate of drug-likeness (QED) is 0.814. The Morgan fingerprint density at radius 1 is 1.00 bits per heavy atom. The molecular weight excluding hydrogens is 278 g/mol. The number of nitrogens with zero attached hydrogens (tertiary/aromatic N) is 1. The molecule has 2 aromatic carbocycles. The molecule has 2 atom stereocenters. The molecule has 114 valence electrons. The monoisotopic (exact) mass is 297 g/mol. The Labute approximate surface area is 130 Å². The van der Waals surface area contributed by atoms with E-state index in [2.05, 4.69) is 0 Å². The fourth-order valence-corrected chi connectivity index (χ4v) is 3.08. The lowest BCUT2D eigenvalue weighted by atomic mass is 9.78. The lowest BCUT2D eigenvalue weighted by molar-refractivity contribution is -0.147. The second-order valence-electron chi connectivity index (χ2n) is 5.39. The van der Waals surface area contributed by atoms with Gasteiger partial charge in [-0.15, -0.1) is 0 Å². The molecule has 1 saturated heterocycles. The average molecular weight is 297 g/mol. The third-order valence-electron chi connectivity index (χ3n) is 4.26. The minimum absolute atomic E-state index is 0.0417. The summed E-state index contributed by atoms with van der Waals surface area (Å²) in [6.07, 6.45) is 0. The van der Waals surface area contributed by atoms with Crippen molar-refractivity contribution in [1.82, 2.24) is 4.90 Å². The number of likely N-dealkylation sites (N-methyl/N-ethyl adjacent to an activating group) is 1. The number of hydrogen-bond donors (Lipinski definition) is 0. The Morgan fingerprint density at radius 3 is 2.36 bits per heavy atom. The van der Waals surface area contributed by atoms with Crippen LogP contribution in [0.3, 0.4) is 0 Å². The van der Waals surface area contributed by atoms with E-state index in [1.165, 1.54) is 0 Å². The van der Waals surface area contributed by atoms with Crippen molar-refractivity contribution in [3.05, 3.63) is 59.7 Å². The number of methoxy groups -OCH3 is 2. The molecule has 1 aliphatic rings. The molecule has 0 saturated carbocycles. The van der Waals surface area contributed by atoms with Gasteiger partial charge in [0, 0.05) is 12.6 Å². The van der Waals surface area contributed by atoms with Crippen LogP contribution in [-0.2, 0) is 4.79 Å². The third-order valence-corrected chi connectivity index (χ3v) is 4.26. The van der Waals surface area contributed by atoms with Crippen molar-refractivity contribution in [2.75, 3.05) is 21.3 Å². The molecule has 22 heavy (non-hydrogen) atoms. The van der Waals surface area contributed by atoms with Crippen molar-refractivity contribution in [2.24, 2.45) is 0 Å². The lowest BCUT2D eigenvalue weighted by Crippen LogP contribution is -2.50. The zero-order valence-electron chi connectivity index (χ0n) is 12.9. The summed E-state index contributed by atoms with van der Waals surface area (Å²) in [6, 6.07) is 15.5. The Hall–Kier alpha value is -2.49. The molecular formula is C18H19NO3. The van der Waals surface area contributed by atoms with E-state index in [0.29, 0.717) is 0 Å². The number of likely N-dealkylation sites (tertiary alicyclic amines) is 1. The molecule has 0 aliphatic carbocycles. The fraction of sp³-hybridized carbons (Fsp3) is 0.278. The summed E-state index contributed by atoms with van der Waals surface area (Å²) in [5.74, 6) is 1.48. The Bertz CT molecular complexity index is 684. The van der Waals surface area contributed by atoms with Crippen molar-refractivity contribution >= 4 is 5.91 Å². The maximum atomic E-state index is 12.4. The molecule has 1 amide bonds. The topological polar surface area (TPSA) is 38.8 Å². The van der Waals surface area contributed by atoms with E-state index in [0.717, 1.165) is 22.6 Å². The summed E-state index contributed by atoms with van der Waals surface area (Å²) in [5, 5.41) is 0. The highest BCUT2D eigenvalue weighted by Crippen LogP contribution is 2.48. The van der Waals surface area contributed by atoms with Gasteiger partial charge in [0.15, 0.2) is 0 Å². The summed E-state index contributed by atoms with van der Waals surface area (Å²) in [6.45, 7) is 0. The van der Waals surface area contributed by atoms with E-state index in [9.17, 15) is 4.79 Å². The van der Waals surface area contributed by atoms with Gasteiger partial charge in [-0.05, 0) is 23.8 Å². The van der Waals surface area contributed by atoms with Crippen LogP contribution >= 0.6 is 0 Å². The van der Waals surface area contributed by atoms with Gasteiger partial charge in [0.2, 0.25) is 5.91 Å². The normalized spacial score (nSPS) is 20.5. The summed E-state index contributed by atoms with van der Waals surface area (Å²) < 4.78 is 10.8. The first-order chi connectivity index (χ1) is 10.7. The summed E-state index contributed by atoms with van der Waals surface area (Å²) in [7, 11) is 5.10. The van der Waals surface area contributed by atoms with E-state index in [-0.39, 0.29) is 17.9 Å². The number of carbonyl (C=O) groups is 1. The molecule has 1 heterocycles. The Kier molecular flexibility index (Phi) is 3.75. The number of hydrogen-bond acceptors (Lipinski definition) is 3. The molecule has 4 nitrogen and oxygen atoms in total.